The van der Waals surface area contributed by atoms with Gasteiger partial charge in [-0.2, -0.15) is 0 Å². The second-order valence-corrected chi connectivity index (χ2v) is 6.45. The van der Waals surface area contributed by atoms with E-state index in [2.05, 4.69) is 25.5 Å². The molecule has 1 amide bonds. The summed E-state index contributed by atoms with van der Waals surface area (Å²) in [6, 6.07) is 9.61. The van der Waals surface area contributed by atoms with Crippen LogP contribution in [0.4, 0.5) is 23.0 Å². The zero-order valence-corrected chi connectivity index (χ0v) is 14.9. The van der Waals surface area contributed by atoms with E-state index in [9.17, 15) is 4.79 Å². The number of aryl methyl sites for hydroxylation is 1. The minimum Gasteiger partial charge on any atom is -0.356 e. The third kappa shape index (κ3) is 4.92. The number of nitrogens with zero attached hydrogens (tertiary/aromatic N) is 3. The number of nitrogens with one attached hydrogen (secondary N) is 2. The molecule has 6 heteroatoms. The van der Waals surface area contributed by atoms with Gasteiger partial charge < -0.3 is 15.5 Å². The lowest BCUT2D eigenvalue weighted by molar-refractivity contribution is -0.114. The first-order chi connectivity index (χ1) is 12.1. The summed E-state index contributed by atoms with van der Waals surface area (Å²) in [4.78, 5) is 22.7. The highest BCUT2D eigenvalue weighted by molar-refractivity contribution is 5.89. The molecule has 0 atom stereocenters. The Labute approximate surface area is 148 Å². The zero-order valence-electron chi connectivity index (χ0n) is 14.9. The van der Waals surface area contributed by atoms with Gasteiger partial charge in [0.05, 0.1) is 0 Å². The number of hydrogen-bond acceptors (Lipinski definition) is 5. The van der Waals surface area contributed by atoms with Crippen molar-refractivity contribution in [2.45, 2.75) is 39.5 Å². The van der Waals surface area contributed by atoms with E-state index in [0.717, 1.165) is 41.9 Å². The second-order valence-electron chi connectivity index (χ2n) is 6.45. The summed E-state index contributed by atoms with van der Waals surface area (Å²) in [7, 11) is 0. The molecule has 0 bridgehead atoms. The lowest BCUT2D eigenvalue weighted by Gasteiger charge is -2.22. The maximum Gasteiger partial charge on any atom is 0.221 e. The average molecular weight is 339 g/mol. The predicted octanol–water partition coefficient (Wildman–Crippen LogP) is 3.87. The fourth-order valence-electron chi connectivity index (χ4n) is 3.10. The number of benzene rings is 1. The normalized spacial score (nSPS) is 14.7. The Kier molecular flexibility index (Phi) is 5.48. The van der Waals surface area contributed by atoms with Gasteiger partial charge >= 0.3 is 0 Å². The van der Waals surface area contributed by atoms with Crippen LogP contribution < -0.4 is 15.5 Å². The number of carbonyl (C=O) groups is 1. The molecular weight excluding hydrogens is 314 g/mol. The lowest BCUT2D eigenvalue weighted by atomic mass is 10.2. The van der Waals surface area contributed by atoms with Crippen molar-refractivity contribution < 1.29 is 4.79 Å². The van der Waals surface area contributed by atoms with Crippen LogP contribution in [0.25, 0.3) is 0 Å². The largest absolute Gasteiger partial charge is 0.356 e. The van der Waals surface area contributed by atoms with Crippen LogP contribution in [0.2, 0.25) is 0 Å². The number of carbonyl (C=O) groups excluding carboxylic acids is 1. The van der Waals surface area contributed by atoms with Crippen molar-refractivity contribution in [1.82, 2.24) is 9.97 Å². The van der Waals surface area contributed by atoms with E-state index < -0.39 is 0 Å². The van der Waals surface area contributed by atoms with Gasteiger partial charge in [0.15, 0.2) is 0 Å². The molecule has 6 nitrogen and oxygen atoms in total. The molecule has 0 unspecified atom stereocenters. The first kappa shape index (κ1) is 17.2. The summed E-state index contributed by atoms with van der Waals surface area (Å²) in [5, 5.41) is 6.12. The van der Waals surface area contributed by atoms with Crippen molar-refractivity contribution in [1.29, 1.82) is 0 Å². The van der Waals surface area contributed by atoms with Crippen molar-refractivity contribution in [2.75, 3.05) is 28.6 Å². The molecule has 2 N–H and O–H groups in total. The molecule has 0 spiro atoms. The summed E-state index contributed by atoms with van der Waals surface area (Å²) < 4.78 is 0. The molecule has 1 aromatic carbocycles. The number of hydrogen-bond donors (Lipinski definition) is 2. The van der Waals surface area contributed by atoms with Crippen molar-refractivity contribution in [2.24, 2.45) is 0 Å². The molecule has 2 aromatic rings. The van der Waals surface area contributed by atoms with Gasteiger partial charge in [-0.25, -0.2) is 9.97 Å². The van der Waals surface area contributed by atoms with Crippen molar-refractivity contribution in [3.63, 3.8) is 0 Å². The fourth-order valence-corrected chi connectivity index (χ4v) is 3.10. The fraction of sp³-hybridized carbons (Fsp3) is 0.421. The molecule has 0 saturated carbocycles. The van der Waals surface area contributed by atoms with E-state index in [1.165, 1.54) is 32.6 Å². The van der Waals surface area contributed by atoms with Gasteiger partial charge in [-0.3, -0.25) is 4.79 Å². The minimum absolute atomic E-state index is 0.0847. The van der Waals surface area contributed by atoms with Gasteiger partial charge in [0, 0.05) is 37.5 Å². The third-order valence-electron chi connectivity index (χ3n) is 4.21. The molecule has 1 aliphatic rings. The third-order valence-corrected chi connectivity index (χ3v) is 4.21. The number of aromatic nitrogens is 2. The van der Waals surface area contributed by atoms with Crippen LogP contribution >= 0.6 is 0 Å². The van der Waals surface area contributed by atoms with Crippen LogP contribution in [0.1, 0.15) is 38.4 Å². The van der Waals surface area contributed by atoms with Crippen molar-refractivity contribution in [3.8, 4) is 0 Å². The summed E-state index contributed by atoms with van der Waals surface area (Å²) in [5.41, 5.74) is 1.64. The Morgan fingerprint density at radius 2 is 1.76 bits per heavy atom. The topological polar surface area (TPSA) is 70.2 Å². The lowest BCUT2D eigenvalue weighted by Crippen LogP contribution is -2.25. The van der Waals surface area contributed by atoms with Crippen molar-refractivity contribution >= 4 is 28.9 Å². The maximum absolute atomic E-state index is 11.2. The number of amides is 1. The van der Waals surface area contributed by atoms with Gasteiger partial charge in [0.2, 0.25) is 5.91 Å². The standard InChI is InChI=1S/C19H25N5O/c1-14-20-18(13-19(21-14)24-10-5-3-4-6-11-24)23-17-9-7-8-16(12-17)22-15(2)25/h7-9,12-13H,3-6,10-11H2,1-2H3,(H,22,25)(H,20,21,23). The summed E-state index contributed by atoms with van der Waals surface area (Å²) in [6.45, 7) is 5.52. The Balaban J connectivity index is 1.79. The summed E-state index contributed by atoms with van der Waals surface area (Å²) >= 11 is 0. The molecule has 25 heavy (non-hydrogen) atoms. The van der Waals surface area contributed by atoms with Crippen LogP contribution in [-0.4, -0.2) is 29.0 Å². The Morgan fingerprint density at radius 3 is 2.48 bits per heavy atom. The molecule has 0 aliphatic carbocycles. The van der Waals surface area contributed by atoms with Gasteiger partial charge in [0.1, 0.15) is 17.5 Å². The monoisotopic (exact) mass is 339 g/mol. The van der Waals surface area contributed by atoms with E-state index in [-0.39, 0.29) is 5.91 Å². The Bertz CT molecular complexity index is 738. The van der Waals surface area contributed by atoms with Gasteiger partial charge in [-0.15, -0.1) is 0 Å². The average Bonchev–Trinajstić information content (AvgIpc) is 2.83. The molecular formula is C19H25N5O. The van der Waals surface area contributed by atoms with Crippen LogP contribution in [0, 0.1) is 6.92 Å². The minimum atomic E-state index is -0.0847. The molecule has 0 radical (unpaired) electrons. The highest BCUT2D eigenvalue weighted by Crippen LogP contribution is 2.23. The Hall–Kier alpha value is -2.63. The maximum atomic E-state index is 11.2. The highest BCUT2D eigenvalue weighted by Gasteiger charge is 2.13. The highest BCUT2D eigenvalue weighted by atomic mass is 16.1. The summed E-state index contributed by atoms with van der Waals surface area (Å²) in [6.07, 6.45) is 5.01. The van der Waals surface area contributed by atoms with E-state index in [0.29, 0.717) is 0 Å². The van der Waals surface area contributed by atoms with Gasteiger partial charge in [-0.1, -0.05) is 18.9 Å². The van der Waals surface area contributed by atoms with Crippen LogP contribution in [0.5, 0.6) is 0 Å². The van der Waals surface area contributed by atoms with E-state index in [4.69, 9.17) is 0 Å². The van der Waals surface area contributed by atoms with Gasteiger partial charge in [-0.05, 0) is 38.0 Å². The SMILES string of the molecule is CC(=O)Nc1cccc(Nc2cc(N3CCCCCC3)nc(C)n2)c1. The number of rotatable bonds is 4. The zero-order chi connectivity index (χ0) is 17.6. The van der Waals surface area contributed by atoms with E-state index in [1.807, 2.05) is 37.3 Å². The van der Waals surface area contributed by atoms with Crippen LogP contribution in [0.15, 0.2) is 30.3 Å². The molecule has 2 heterocycles. The first-order valence-electron chi connectivity index (χ1n) is 8.85. The molecule has 1 aromatic heterocycles. The first-order valence-corrected chi connectivity index (χ1v) is 8.85. The van der Waals surface area contributed by atoms with Crippen molar-refractivity contribution in [3.05, 3.63) is 36.2 Å². The molecule has 1 aliphatic heterocycles. The second kappa shape index (κ2) is 7.96. The van der Waals surface area contributed by atoms with Crippen LogP contribution in [0.3, 0.4) is 0 Å². The Morgan fingerprint density at radius 1 is 1.04 bits per heavy atom. The molecule has 132 valence electrons. The van der Waals surface area contributed by atoms with Gasteiger partial charge in [0.25, 0.3) is 0 Å². The van der Waals surface area contributed by atoms with E-state index in [1.54, 1.807) is 0 Å². The number of anilines is 4. The molecule has 1 fully saturated rings. The van der Waals surface area contributed by atoms with E-state index >= 15 is 0 Å². The smallest absolute Gasteiger partial charge is 0.221 e. The summed E-state index contributed by atoms with van der Waals surface area (Å²) in [5.74, 6) is 2.42. The quantitative estimate of drug-likeness (QED) is 0.885. The predicted molar refractivity (Wildman–Crippen MR) is 101 cm³/mol. The molecule has 1 saturated heterocycles. The molecule has 3 rings (SSSR count). The van der Waals surface area contributed by atoms with Crippen LogP contribution in [-0.2, 0) is 4.79 Å².